The van der Waals surface area contributed by atoms with Crippen LogP contribution in [0.4, 0.5) is 0 Å². The Hall–Kier alpha value is -1.46. The number of nitrogens with one attached hydrogen (secondary N) is 2. The Labute approximate surface area is 223 Å². The number of hydrogen-bond acceptors (Lipinski definition) is 8. The van der Waals surface area contributed by atoms with Crippen molar-refractivity contribution in [2.75, 3.05) is 19.6 Å². The average Bonchev–Trinajstić information content (AvgIpc) is 2.94. The van der Waals surface area contributed by atoms with Crippen LogP contribution in [-0.4, -0.2) is 63.4 Å². The zero-order chi connectivity index (χ0) is 26.6. The number of hydrogen-bond donors (Lipinski definition) is 5. The van der Waals surface area contributed by atoms with Crippen molar-refractivity contribution in [3.63, 3.8) is 0 Å². The van der Waals surface area contributed by atoms with E-state index in [4.69, 9.17) is 20.8 Å². The van der Waals surface area contributed by atoms with Gasteiger partial charge in [-0.1, -0.05) is 50.7 Å². The van der Waals surface area contributed by atoms with Crippen LogP contribution in [0.5, 0.6) is 5.75 Å². The van der Waals surface area contributed by atoms with Crippen molar-refractivity contribution in [2.24, 2.45) is 5.73 Å². The molecule has 1 aromatic carbocycles. The highest BCUT2D eigenvalue weighted by molar-refractivity contribution is 8.00. The number of ether oxygens (including phenoxy) is 1. The monoisotopic (exact) mass is 541 g/mol. The van der Waals surface area contributed by atoms with Gasteiger partial charge in [-0.25, -0.2) is 5.48 Å². The summed E-state index contributed by atoms with van der Waals surface area (Å²) in [6.07, 6.45) is 14.8. The number of amides is 1. The summed E-state index contributed by atoms with van der Waals surface area (Å²) >= 11 is 3.36. The van der Waals surface area contributed by atoms with Gasteiger partial charge in [0.25, 0.3) is 5.91 Å². The minimum atomic E-state index is -0.865. The van der Waals surface area contributed by atoms with Gasteiger partial charge < -0.3 is 20.9 Å². The molecule has 2 aliphatic rings. The number of carboxylic acids is 1. The van der Waals surface area contributed by atoms with Gasteiger partial charge in [0.15, 0.2) is 0 Å². The Morgan fingerprint density at radius 2 is 1.47 bits per heavy atom. The number of aliphatic carboxylic acids is 1. The second-order valence-corrected chi connectivity index (χ2v) is 12.1. The Morgan fingerprint density at radius 3 is 1.89 bits per heavy atom. The smallest absolute Gasteiger partial charge is 0.321 e. The van der Waals surface area contributed by atoms with E-state index >= 15 is 0 Å². The first-order valence-electron chi connectivity index (χ1n) is 12.7. The second-order valence-electron chi connectivity index (χ2n) is 9.61. The van der Waals surface area contributed by atoms with E-state index < -0.39 is 18.1 Å². The molecule has 0 saturated heterocycles. The summed E-state index contributed by atoms with van der Waals surface area (Å²) in [5.74, 6) is -0.405. The molecule has 2 aliphatic carbocycles. The average molecular weight is 542 g/mol. The number of carbonyl (C=O) groups is 2. The van der Waals surface area contributed by atoms with Crippen LogP contribution >= 0.6 is 23.5 Å². The maximum absolute atomic E-state index is 12.2. The first-order valence-corrected chi connectivity index (χ1v) is 15.1. The third-order valence-electron chi connectivity index (χ3n) is 7.61. The summed E-state index contributed by atoms with van der Waals surface area (Å²) in [7, 11) is 1.64. The summed E-state index contributed by atoms with van der Waals surface area (Å²) in [5.41, 5.74) is 8.63. The van der Waals surface area contributed by atoms with Gasteiger partial charge in [-0.3, -0.25) is 14.8 Å². The molecule has 0 spiro atoms. The highest BCUT2D eigenvalue weighted by Crippen LogP contribution is 2.42. The SMILES string of the molecule is COc1ccc(CNC(C(=O)NO)C2(SC)CCCCC2)cc1.CSC1(C(N)C(=O)O)CCCCC1. The molecule has 0 aromatic heterocycles. The van der Waals surface area contributed by atoms with Gasteiger partial charge in [-0.15, -0.1) is 0 Å². The lowest BCUT2D eigenvalue weighted by atomic mass is 9.82. The van der Waals surface area contributed by atoms with Crippen molar-refractivity contribution in [1.29, 1.82) is 0 Å². The van der Waals surface area contributed by atoms with E-state index in [1.165, 1.54) is 12.8 Å². The molecular weight excluding hydrogens is 498 g/mol. The third-order valence-corrected chi connectivity index (χ3v) is 10.5. The first-order chi connectivity index (χ1) is 17.3. The summed E-state index contributed by atoms with van der Waals surface area (Å²) < 4.78 is 4.80. The lowest BCUT2D eigenvalue weighted by Crippen LogP contribution is -2.57. The minimum Gasteiger partial charge on any atom is -0.497 e. The quantitative estimate of drug-likeness (QED) is 0.218. The van der Waals surface area contributed by atoms with Gasteiger partial charge in [0.05, 0.1) is 7.11 Å². The molecule has 1 amide bonds. The van der Waals surface area contributed by atoms with E-state index in [0.717, 1.165) is 62.7 Å². The van der Waals surface area contributed by atoms with Crippen LogP contribution in [0.2, 0.25) is 0 Å². The van der Waals surface area contributed by atoms with E-state index in [1.54, 1.807) is 30.6 Å². The van der Waals surface area contributed by atoms with Crippen LogP contribution in [0.15, 0.2) is 24.3 Å². The molecule has 8 nitrogen and oxygen atoms in total. The lowest BCUT2D eigenvalue weighted by molar-refractivity contribution is -0.139. The van der Waals surface area contributed by atoms with Crippen LogP contribution < -0.4 is 21.3 Å². The number of methoxy groups -OCH3 is 1. The third kappa shape index (κ3) is 8.02. The molecule has 0 bridgehead atoms. The zero-order valence-corrected chi connectivity index (χ0v) is 23.4. The number of benzene rings is 1. The van der Waals surface area contributed by atoms with Crippen molar-refractivity contribution < 1.29 is 24.6 Å². The summed E-state index contributed by atoms with van der Waals surface area (Å²) in [6, 6.07) is 6.65. The molecule has 36 heavy (non-hydrogen) atoms. The molecule has 0 aliphatic heterocycles. The Kier molecular flexibility index (Phi) is 12.9. The number of rotatable bonds is 10. The van der Waals surface area contributed by atoms with Gasteiger partial charge in [0.1, 0.15) is 17.8 Å². The molecule has 0 heterocycles. The predicted molar refractivity (Wildman–Crippen MR) is 148 cm³/mol. The molecule has 2 unspecified atom stereocenters. The highest BCUT2D eigenvalue weighted by atomic mass is 32.2. The number of carboxylic acid groups (broad SMARTS) is 1. The molecule has 6 N–H and O–H groups in total. The Balaban J connectivity index is 0.000000297. The standard InChI is InChI=1S/C17H26N2O3S.C9H17NO2S/c1-22-14-8-6-13(7-9-14)12-18-15(16(20)19-21)17(23-2)10-4-3-5-11-17;1-13-9(7(10)8(11)12)5-3-2-4-6-9/h6-9,15,18,21H,3-5,10-12H2,1-2H3,(H,19,20);7H,2-6,10H2,1H3,(H,11,12). The maximum atomic E-state index is 12.2. The fraction of sp³-hybridized carbons (Fsp3) is 0.692. The number of carbonyl (C=O) groups excluding carboxylic acids is 1. The van der Waals surface area contributed by atoms with E-state index in [9.17, 15) is 9.59 Å². The van der Waals surface area contributed by atoms with Crippen LogP contribution in [0.25, 0.3) is 0 Å². The van der Waals surface area contributed by atoms with Crippen molar-refractivity contribution in [2.45, 2.75) is 92.3 Å². The van der Waals surface area contributed by atoms with Crippen molar-refractivity contribution in [3.8, 4) is 5.75 Å². The minimum absolute atomic E-state index is 0.155. The van der Waals surface area contributed by atoms with Crippen LogP contribution in [0.3, 0.4) is 0 Å². The molecular formula is C26H43N3O5S2. The van der Waals surface area contributed by atoms with Crippen LogP contribution in [-0.2, 0) is 16.1 Å². The van der Waals surface area contributed by atoms with Gasteiger partial charge in [0, 0.05) is 16.0 Å². The Bertz CT molecular complexity index is 812. The van der Waals surface area contributed by atoms with Gasteiger partial charge >= 0.3 is 5.97 Å². The Morgan fingerprint density at radius 1 is 0.972 bits per heavy atom. The van der Waals surface area contributed by atoms with Crippen molar-refractivity contribution >= 4 is 35.4 Å². The number of thioether (sulfide) groups is 2. The fourth-order valence-corrected chi connectivity index (χ4v) is 7.50. The maximum Gasteiger partial charge on any atom is 0.321 e. The number of hydroxylamine groups is 1. The van der Waals surface area contributed by atoms with E-state index in [0.29, 0.717) is 6.54 Å². The molecule has 10 heteroatoms. The molecule has 2 saturated carbocycles. The number of nitrogens with two attached hydrogens (primary N) is 1. The summed E-state index contributed by atoms with van der Waals surface area (Å²) in [4.78, 5) is 23.1. The molecule has 1 aromatic rings. The lowest BCUT2D eigenvalue weighted by Gasteiger charge is -2.41. The van der Waals surface area contributed by atoms with Gasteiger partial charge in [0.2, 0.25) is 0 Å². The second kappa shape index (κ2) is 15.1. The molecule has 3 rings (SSSR count). The van der Waals surface area contributed by atoms with Crippen molar-refractivity contribution in [1.82, 2.24) is 10.8 Å². The summed E-state index contributed by atoms with van der Waals surface area (Å²) in [5, 5.41) is 21.4. The molecule has 204 valence electrons. The van der Waals surface area contributed by atoms with Crippen LogP contribution in [0.1, 0.15) is 69.8 Å². The normalized spacial score (nSPS) is 20.2. The largest absolute Gasteiger partial charge is 0.497 e. The zero-order valence-electron chi connectivity index (χ0n) is 21.8. The molecule has 0 radical (unpaired) electrons. The predicted octanol–water partition coefficient (Wildman–Crippen LogP) is 4.19. The van der Waals surface area contributed by atoms with Gasteiger partial charge in [-0.2, -0.15) is 23.5 Å². The van der Waals surface area contributed by atoms with Crippen LogP contribution in [0, 0.1) is 0 Å². The van der Waals surface area contributed by atoms with E-state index in [1.807, 2.05) is 36.0 Å². The van der Waals surface area contributed by atoms with E-state index in [2.05, 4.69) is 11.6 Å². The fourth-order valence-electron chi connectivity index (χ4n) is 5.32. The summed E-state index contributed by atoms with van der Waals surface area (Å²) in [6.45, 7) is 0.574. The van der Waals surface area contributed by atoms with E-state index in [-0.39, 0.29) is 15.4 Å². The molecule has 2 fully saturated rings. The van der Waals surface area contributed by atoms with Crippen molar-refractivity contribution in [3.05, 3.63) is 29.8 Å². The first kappa shape index (κ1) is 30.8. The molecule has 2 atom stereocenters. The van der Waals surface area contributed by atoms with Gasteiger partial charge in [-0.05, 0) is 55.9 Å². The topological polar surface area (TPSA) is 134 Å². The highest BCUT2D eigenvalue weighted by Gasteiger charge is 2.43.